The van der Waals surface area contributed by atoms with Crippen molar-refractivity contribution in [1.82, 2.24) is 0 Å². The van der Waals surface area contributed by atoms with Crippen LogP contribution in [0, 0.1) is 34.5 Å². The number of Topliss-reactive ketones (excluding diaryl/α,β-unsaturated/α-hetero) is 1. The summed E-state index contributed by atoms with van der Waals surface area (Å²) in [5.74, 6) is 1.67. The Bertz CT molecular complexity index is 587. The normalized spacial score (nSPS) is 42.8. The van der Waals surface area contributed by atoms with Crippen LogP contribution in [-0.2, 0) is 14.3 Å². The fourth-order valence-corrected chi connectivity index (χ4v) is 7.13. The van der Waals surface area contributed by atoms with Crippen molar-refractivity contribution in [3.8, 4) is 0 Å². The summed E-state index contributed by atoms with van der Waals surface area (Å²) < 4.78 is 4.88. The minimum atomic E-state index is -0.428. The van der Waals surface area contributed by atoms with Gasteiger partial charge >= 0.3 is 5.97 Å². The van der Waals surface area contributed by atoms with Gasteiger partial charge in [0.05, 0.1) is 13.2 Å². The Morgan fingerprint density at radius 3 is 2.61 bits per heavy atom. The van der Waals surface area contributed by atoms with Crippen LogP contribution >= 0.6 is 0 Å². The minimum absolute atomic E-state index is 0.0127. The molecule has 28 heavy (non-hydrogen) atoms. The second-order valence-corrected chi connectivity index (χ2v) is 10.3. The van der Waals surface area contributed by atoms with E-state index in [4.69, 9.17) is 4.74 Å². The van der Waals surface area contributed by atoms with Gasteiger partial charge in [0.15, 0.2) is 0 Å². The maximum Gasteiger partial charge on any atom is 0.305 e. The Kier molecular flexibility index (Phi) is 6.58. The molecule has 0 aliphatic heterocycles. The number of carbonyl (C=O) groups is 2. The lowest BCUT2D eigenvalue weighted by molar-refractivity contribution is -0.157. The first-order valence-corrected chi connectivity index (χ1v) is 11.6. The van der Waals surface area contributed by atoms with E-state index in [0.717, 1.165) is 44.9 Å². The van der Waals surface area contributed by atoms with Crippen LogP contribution in [-0.4, -0.2) is 30.1 Å². The zero-order valence-corrected chi connectivity index (χ0v) is 18.3. The monoisotopic (exact) mass is 392 g/mol. The van der Waals surface area contributed by atoms with Crippen molar-refractivity contribution in [2.24, 2.45) is 34.5 Å². The maximum absolute atomic E-state index is 13.6. The number of rotatable bonds is 7. The van der Waals surface area contributed by atoms with Crippen LogP contribution in [0.1, 0.15) is 91.4 Å². The van der Waals surface area contributed by atoms with Gasteiger partial charge in [0.1, 0.15) is 5.78 Å². The third-order valence-corrected chi connectivity index (χ3v) is 8.93. The van der Waals surface area contributed by atoms with Crippen molar-refractivity contribution in [1.29, 1.82) is 0 Å². The summed E-state index contributed by atoms with van der Waals surface area (Å²) >= 11 is 0. The Hall–Kier alpha value is -0.900. The van der Waals surface area contributed by atoms with E-state index in [9.17, 15) is 14.7 Å². The van der Waals surface area contributed by atoms with Gasteiger partial charge in [0, 0.05) is 17.8 Å². The summed E-state index contributed by atoms with van der Waals surface area (Å²) in [5.41, 5.74) is -0.415. The van der Waals surface area contributed by atoms with Crippen LogP contribution in [0.5, 0.6) is 0 Å². The second kappa shape index (κ2) is 8.45. The minimum Gasteiger partial charge on any atom is -0.469 e. The summed E-state index contributed by atoms with van der Waals surface area (Å²) in [6.07, 6.45) is 10.2. The molecule has 0 heterocycles. The van der Waals surface area contributed by atoms with E-state index in [1.807, 2.05) is 0 Å². The molecule has 3 rings (SSSR count). The average Bonchev–Trinajstić information content (AvgIpc) is 2.99. The van der Waals surface area contributed by atoms with Gasteiger partial charge in [-0.1, -0.05) is 40.0 Å². The molecule has 7 unspecified atom stereocenters. The molecule has 7 atom stereocenters. The SMILES string of the molecule is CCCCCC1CC2C(CCC3(C)C(O)CCC23)C(C)(CCC(=O)OC)C1=O. The molecule has 0 radical (unpaired) electrons. The fourth-order valence-electron chi connectivity index (χ4n) is 7.13. The molecule has 0 spiro atoms. The first-order chi connectivity index (χ1) is 13.3. The largest absolute Gasteiger partial charge is 0.469 e. The molecule has 0 aromatic carbocycles. The van der Waals surface area contributed by atoms with Gasteiger partial charge in [-0.2, -0.15) is 0 Å². The lowest BCUT2D eigenvalue weighted by atomic mass is 9.47. The van der Waals surface area contributed by atoms with Crippen LogP contribution in [0.25, 0.3) is 0 Å². The number of carbonyl (C=O) groups excluding carboxylic acids is 2. The highest BCUT2D eigenvalue weighted by Gasteiger charge is 2.61. The molecule has 4 nitrogen and oxygen atoms in total. The lowest BCUT2D eigenvalue weighted by Gasteiger charge is -2.57. The molecule has 0 bridgehead atoms. The van der Waals surface area contributed by atoms with Gasteiger partial charge in [-0.05, 0) is 68.1 Å². The van der Waals surface area contributed by atoms with Gasteiger partial charge in [-0.25, -0.2) is 0 Å². The smallest absolute Gasteiger partial charge is 0.305 e. The Morgan fingerprint density at radius 1 is 1.18 bits per heavy atom. The standard InChI is InChI=1S/C24H40O4/c1-5-6-7-8-16-15-17-18-9-10-20(25)23(18,2)13-11-19(17)24(3,22(16)27)14-12-21(26)28-4/h16-20,25H,5-15H2,1-4H3. The molecule has 3 aliphatic carbocycles. The molecule has 3 saturated carbocycles. The van der Waals surface area contributed by atoms with Crippen molar-refractivity contribution in [2.75, 3.05) is 7.11 Å². The second-order valence-electron chi connectivity index (χ2n) is 10.3. The van der Waals surface area contributed by atoms with E-state index in [-0.39, 0.29) is 23.4 Å². The third-order valence-electron chi connectivity index (χ3n) is 8.93. The number of ketones is 1. The zero-order valence-electron chi connectivity index (χ0n) is 18.3. The Balaban J connectivity index is 1.87. The molecule has 1 N–H and O–H groups in total. The highest BCUT2D eigenvalue weighted by molar-refractivity contribution is 5.88. The summed E-state index contributed by atoms with van der Waals surface area (Å²) in [5, 5.41) is 10.7. The first-order valence-electron chi connectivity index (χ1n) is 11.6. The lowest BCUT2D eigenvalue weighted by Crippen LogP contribution is -2.55. The molecule has 3 aliphatic rings. The Morgan fingerprint density at radius 2 is 1.93 bits per heavy atom. The van der Waals surface area contributed by atoms with Crippen LogP contribution in [0.2, 0.25) is 0 Å². The number of aliphatic hydroxyl groups excluding tert-OH is 1. The van der Waals surface area contributed by atoms with E-state index < -0.39 is 5.41 Å². The summed E-state index contributed by atoms with van der Waals surface area (Å²) in [6, 6.07) is 0. The quantitative estimate of drug-likeness (QED) is 0.493. The molecule has 3 fully saturated rings. The third kappa shape index (κ3) is 3.66. The summed E-state index contributed by atoms with van der Waals surface area (Å²) in [4.78, 5) is 25.5. The number of methoxy groups -OCH3 is 1. The fraction of sp³-hybridized carbons (Fsp3) is 0.917. The van der Waals surface area contributed by atoms with Crippen LogP contribution in [0.3, 0.4) is 0 Å². The van der Waals surface area contributed by atoms with Gasteiger partial charge in [-0.15, -0.1) is 0 Å². The van der Waals surface area contributed by atoms with Gasteiger partial charge in [0.25, 0.3) is 0 Å². The summed E-state index contributed by atoms with van der Waals surface area (Å²) in [6.45, 7) is 6.61. The van der Waals surface area contributed by atoms with Crippen molar-refractivity contribution < 1.29 is 19.4 Å². The molecule has 160 valence electrons. The van der Waals surface area contributed by atoms with Crippen molar-refractivity contribution in [2.45, 2.75) is 97.5 Å². The van der Waals surface area contributed by atoms with Crippen LogP contribution < -0.4 is 0 Å². The van der Waals surface area contributed by atoms with E-state index >= 15 is 0 Å². The summed E-state index contributed by atoms with van der Waals surface area (Å²) in [7, 11) is 1.43. The molecular weight excluding hydrogens is 352 g/mol. The molecule has 0 saturated heterocycles. The number of esters is 1. The number of hydrogen-bond donors (Lipinski definition) is 1. The van der Waals surface area contributed by atoms with Gasteiger partial charge < -0.3 is 9.84 Å². The van der Waals surface area contributed by atoms with E-state index in [1.165, 1.54) is 20.0 Å². The molecule has 4 heteroatoms. The predicted octanol–water partition coefficient (Wildman–Crippen LogP) is 4.92. The van der Waals surface area contributed by atoms with E-state index in [2.05, 4.69) is 20.8 Å². The van der Waals surface area contributed by atoms with Crippen LogP contribution in [0.15, 0.2) is 0 Å². The highest BCUT2D eigenvalue weighted by atomic mass is 16.5. The Labute approximate surface area is 170 Å². The molecular formula is C24H40O4. The van der Waals surface area contributed by atoms with Crippen molar-refractivity contribution in [3.05, 3.63) is 0 Å². The zero-order chi connectivity index (χ0) is 20.5. The van der Waals surface area contributed by atoms with Gasteiger partial charge in [0.2, 0.25) is 0 Å². The first kappa shape index (κ1) is 21.8. The van der Waals surface area contributed by atoms with Gasteiger partial charge in [-0.3, -0.25) is 9.59 Å². The number of hydrogen-bond acceptors (Lipinski definition) is 4. The number of ether oxygens (including phenoxy) is 1. The maximum atomic E-state index is 13.6. The van der Waals surface area contributed by atoms with Crippen molar-refractivity contribution >= 4 is 11.8 Å². The average molecular weight is 393 g/mol. The highest BCUT2D eigenvalue weighted by Crippen LogP contribution is 2.63. The van der Waals surface area contributed by atoms with Crippen molar-refractivity contribution in [3.63, 3.8) is 0 Å². The number of aliphatic hydroxyl groups is 1. The van der Waals surface area contributed by atoms with Crippen LogP contribution in [0.4, 0.5) is 0 Å². The van der Waals surface area contributed by atoms with E-state index in [0.29, 0.717) is 36.4 Å². The number of fused-ring (bicyclic) bond motifs is 3. The van der Waals surface area contributed by atoms with E-state index in [1.54, 1.807) is 0 Å². The molecule has 0 amide bonds. The predicted molar refractivity (Wildman–Crippen MR) is 110 cm³/mol. The molecule has 0 aromatic heterocycles. The topological polar surface area (TPSA) is 63.6 Å². The number of unbranched alkanes of at least 4 members (excludes halogenated alkanes) is 2. The molecule has 0 aromatic rings.